The van der Waals surface area contributed by atoms with E-state index < -0.39 is 17.6 Å². The van der Waals surface area contributed by atoms with Gasteiger partial charge in [0.2, 0.25) is 0 Å². The zero-order valence-electron chi connectivity index (χ0n) is 15.6. The molecule has 1 aliphatic rings. The van der Waals surface area contributed by atoms with Gasteiger partial charge in [0.1, 0.15) is 11.6 Å². The Morgan fingerprint density at radius 2 is 1.90 bits per heavy atom. The Labute approximate surface area is 172 Å². The lowest BCUT2D eigenvalue weighted by Gasteiger charge is -2.36. The second-order valence-corrected chi connectivity index (χ2v) is 6.64. The number of ether oxygens (including phenoxy) is 1. The van der Waals surface area contributed by atoms with Crippen molar-refractivity contribution in [2.45, 2.75) is 18.6 Å². The van der Waals surface area contributed by atoms with Crippen LogP contribution in [-0.4, -0.2) is 43.6 Å². The van der Waals surface area contributed by atoms with Crippen LogP contribution in [0.3, 0.4) is 0 Å². The largest absolute Gasteiger partial charge is 0.497 e. The summed E-state index contributed by atoms with van der Waals surface area (Å²) in [5.41, 5.74) is -0.160. The lowest BCUT2D eigenvalue weighted by atomic mass is 10.0. The van der Waals surface area contributed by atoms with Gasteiger partial charge < -0.3 is 15.0 Å². The highest BCUT2D eigenvalue weighted by Crippen LogP contribution is 2.33. The van der Waals surface area contributed by atoms with Crippen molar-refractivity contribution < 1.29 is 27.1 Å². The number of benzene rings is 2. The molecule has 0 bridgehead atoms. The summed E-state index contributed by atoms with van der Waals surface area (Å²) in [6.45, 7) is 1.41. The Kier molecular flexibility index (Phi) is 7.48. The van der Waals surface area contributed by atoms with E-state index in [1.165, 1.54) is 25.3 Å². The molecule has 0 radical (unpaired) electrons. The van der Waals surface area contributed by atoms with Gasteiger partial charge in [-0.05, 0) is 42.3 Å². The number of amides is 1. The molecule has 1 saturated heterocycles. The summed E-state index contributed by atoms with van der Waals surface area (Å²) in [7, 11) is 1.26. The molecule has 29 heavy (non-hydrogen) atoms. The third-order valence-corrected chi connectivity index (χ3v) is 4.71. The number of carbonyl (C=O) groups is 1. The Hall–Kier alpha value is -2.32. The maximum Gasteiger partial charge on any atom is 0.416 e. The minimum atomic E-state index is -4.58. The van der Waals surface area contributed by atoms with E-state index in [2.05, 4.69) is 5.32 Å². The molecule has 0 unspecified atom stereocenters. The van der Waals surface area contributed by atoms with Gasteiger partial charge in [0, 0.05) is 31.2 Å². The van der Waals surface area contributed by atoms with Crippen LogP contribution in [-0.2, 0) is 12.6 Å². The fourth-order valence-electron chi connectivity index (χ4n) is 3.27. The van der Waals surface area contributed by atoms with Gasteiger partial charge in [-0.25, -0.2) is 4.39 Å². The number of hydrogen-bond donors (Lipinski definition) is 1. The molecule has 0 aromatic heterocycles. The number of nitrogens with zero attached hydrogens (tertiary/aromatic N) is 1. The molecule has 3 rings (SSSR count). The molecule has 0 saturated carbocycles. The molecule has 2 aromatic rings. The molecular formula is C20H21ClF4N2O2. The number of nitrogens with one attached hydrogen (secondary N) is 1. The zero-order chi connectivity index (χ0) is 20.3. The van der Waals surface area contributed by atoms with Crippen LogP contribution in [0.4, 0.5) is 17.6 Å². The number of halogens is 5. The average molecular weight is 433 g/mol. The van der Waals surface area contributed by atoms with Crippen LogP contribution in [0.2, 0.25) is 0 Å². The van der Waals surface area contributed by atoms with Gasteiger partial charge in [0.05, 0.1) is 12.7 Å². The summed E-state index contributed by atoms with van der Waals surface area (Å²) in [5.74, 6) is -0.865. The van der Waals surface area contributed by atoms with Crippen LogP contribution in [0.25, 0.3) is 0 Å². The first-order chi connectivity index (χ1) is 13.3. The lowest BCUT2D eigenvalue weighted by Crippen LogP contribution is -2.54. The van der Waals surface area contributed by atoms with Crippen LogP contribution in [0, 0.1) is 5.82 Å². The third-order valence-electron chi connectivity index (χ3n) is 4.71. The standard InChI is InChI=1S/C20H20F4N2O2.ClH/c1-28-18-10-14(9-15(11-18)20(22,23)24)19(27)26-7-6-25-12-17(26)8-13-2-4-16(21)5-3-13;/h2-5,9-11,17,25H,6-8,12H2,1H3;1H/t17-;/m1./s1. The van der Waals surface area contributed by atoms with Gasteiger partial charge in [-0.1, -0.05) is 12.1 Å². The number of alkyl halides is 3. The average Bonchev–Trinajstić information content (AvgIpc) is 2.68. The lowest BCUT2D eigenvalue weighted by molar-refractivity contribution is -0.137. The highest BCUT2D eigenvalue weighted by Gasteiger charge is 2.34. The fraction of sp³-hybridized carbons (Fsp3) is 0.350. The van der Waals surface area contributed by atoms with E-state index in [9.17, 15) is 22.4 Å². The van der Waals surface area contributed by atoms with E-state index in [0.717, 1.165) is 17.7 Å². The minimum absolute atomic E-state index is 0. The first-order valence-electron chi connectivity index (χ1n) is 8.80. The number of piperazine rings is 1. The molecule has 9 heteroatoms. The summed E-state index contributed by atoms with van der Waals surface area (Å²) in [5, 5.41) is 3.19. The number of hydrogen-bond acceptors (Lipinski definition) is 3. The second kappa shape index (κ2) is 9.45. The number of rotatable bonds is 4. The van der Waals surface area contributed by atoms with Crippen LogP contribution < -0.4 is 10.1 Å². The van der Waals surface area contributed by atoms with Crippen LogP contribution in [0.1, 0.15) is 21.5 Å². The molecule has 0 spiro atoms. The highest BCUT2D eigenvalue weighted by atomic mass is 35.5. The van der Waals surface area contributed by atoms with Gasteiger partial charge in [-0.15, -0.1) is 12.4 Å². The maximum absolute atomic E-state index is 13.2. The minimum Gasteiger partial charge on any atom is -0.497 e. The molecule has 1 amide bonds. The van der Waals surface area contributed by atoms with E-state index in [1.807, 2.05) is 0 Å². The fourth-order valence-corrected chi connectivity index (χ4v) is 3.27. The van der Waals surface area contributed by atoms with Crippen LogP contribution >= 0.6 is 12.4 Å². The molecule has 4 nitrogen and oxygen atoms in total. The highest BCUT2D eigenvalue weighted by molar-refractivity contribution is 5.95. The van der Waals surface area contributed by atoms with Crippen molar-refractivity contribution in [3.63, 3.8) is 0 Å². The normalized spacial score (nSPS) is 16.9. The van der Waals surface area contributed by atoms with E-state index in [1.54, 1.807) is 17.0 Å². The second-order valence-electron chi connectivity index (χ2n) is 6.64. The van der Waals surface area contributed by atoms with Crippen molar-refractivity contribution in [3.05, 3.63) is 65.0 Å². The molecule has 1 heterocycles. The Bertz CT molecular complexity index is 843. The quantitative estimate of drug-likeness (QED) is 0.744. The van der Waals surface area contributed by atoms with E-state index in [4.69, 9.17) is 4.74 Å². The van der Waals surface area contributed by atoms with Crippen molar-refractivity contribution in [3.8, 4) is 5.75 Å². The first kappa shape index (κ1) is 23.0. The zero-order valence-corrected chi connectivity index (χ0v) is 16.4. The van der Waals surface area contributed by atoms with Gasteiger partial charge in [-0.3, -0.25) is 4.79 Å². The SMILES string of the molecule is COc1cc(C(=O)N2CCNC[C@H]2Cc2ccc(F)cc2)cc(C(F)(F)F)c1.Cl. The molecule has 158 valence electrons. The van der Waals surface area contributed by atoms with Gasteiger partial charge >= 0.3 is 6.18 Å². The van der Waals surface area contributed by atoms with Crippen LogP contribution in [0.15, 0.2) is 42.5 Å². The topological polar surface area (TPSA) is 41.6 Å². The van der Waals surface area contributed by atoms with Gasteiger partial charge in [-0.2, -0.15) is 13.2 Å². The van der Waals surface area contributed by atoms with Crippen molar-refractivity contribution >= 4 is 18.3 Å². The summed E-state index contributed by atoms with van der Waals surface area (Å²) in [6, 6.07) is 8.73. The van der Waals surface area contributed by atoms with E-state index >= 15 is 0 Å². The summed E-state index contributed by atoms with van der Waals surface area (Å²) < 4.78 is 57.6. The third kappa shape index (κ3) is 5.61. The molecule has 1 aliphatic heterocycles. The van der Waals surface area contributed by atoms with Gasteiger partial charge in [0.15, 0.2) is 0 Å². The molecule has 1 N–H and O–H groups in total. The van der Waals surface area contributed by atoms with Crippen LogP contribution in [0.5, 0.6) is 5.75 Å². The van der Waals surface area contributed by atoms with E-state index in [0.29, 0.717) is 26.1 Å². The number of methoxy groups -OCH3 is 1. The van der Waals surface area contributed by atoms with Crippen molar-refractivity contribution in [2.75, 3.05) is 26.7 Å². The van der Waals surface area contributed by atoms with Crippen molar-refractivity contribution in [2.24, 2.45) is 0 Å². The van der Waals surface area contributed by atoms with Crippen molar-refractivity contribution in [1.29, 1.82) is 0 Å². The summed E-state index contributed by atoms with van der Waals surface area (Å²) >= 11 is 0. The summed E-state index contributed by atoms with van der Waals surface area (Å²) in [4.78, 5) is 14.6. The molecule has 1 fully saturated rings. The molecular weight excluding hydrogens is 412 g/mol. The molecule has 1 atom stereocenters. The predicted molar refractivity (Wildman–Crippen MR) is 103 cm³/mol. The van der Waals surface area contributed by atoms with Gasteiger partial charge in [0.25, 0.3) is 5.91 Å². The first-order valence-corrected chi connectivity index (χ1v) is 8.80. The monoisotopic (exact) mass is 432 g/mol. The van der Waals surface area contributed by atoms with Crippen molar-refractivity contribution in [1.82, 2.24) is 10.2 Å². The Balaban J connectivity index is 0.00000300. The Morgan fingerprint density at radius 3 is 2.52 bits per heavy atom. The van der Waals surface area contributed by atoms with E-state index in [-0.39, 0.29) is 35.6 Å². The number of carbonyl (C=O) groups excluding carboxylic acids is 1. The molecule has 0 aliphatic carbocycles. The molecule has 2 aromatic carbocycles. The predicted octanol–water partition coefficient (Wildman–Crippen LogP) is 3.93. The Morgan fingerprint density at radius 1 is 1.21 bits per heavy atom. The summed E-state index contributed by atoms with van der Waals surface area (Å²) in [6.07, 6.45) is -4.12. The maximum atomic E-state index is 13.2. The smallest absolute Gasteiger partial charge is 0.416 e.